The SMILES string of the molecule is O=C(O)Cc1cnn(C2CCCC2)c1. The summed E-state index contributed by atoms with van der Waals surface area (Å²) in [5.74, 6) is -0.795. The van der Waals surface area contributed by atoms with Gasteiger partial charge in [-0.1, -0.05) is 12.8 Å². The van der Waals surface area contributed by atoms with Gasteiger partial charge in [0.1, 0.15) is 0 Å². The smallest absolute Gasteiger partial charge is 0.307 e. The fourth-order valence-corrected chi connectivity index (χ4v) is 2.01. The van der Waals surface area contributed by atoms with Crippen molar-refractivity contribution in [2.24, 2.45) is 0 Å². The van der Waals surface area contributed by atoms with E-state index in [1.807, 2.05) is 10.9 Å². The van der Waals surface area contributed by atoms with Crippen LogP contribution in [0.5, 0.6) is 0 Å². The predicted molar refractivity (Wildman–Crippen MR) is 51.1 cm³/mol. The molecule has 4 nitrogen and oxygen atoms in total. The number of carboxylic acids is 1. The lowest BCUT2D eigenvalue weighted by molar-refractivity contribution is -0.136. The number of hydrogen-bond acceptors (Lipinski definition) is 2. The molecular formula is C10H14N2O2. The van der Waals surface area contributed by atoms with Gasteiger partial charge in [0.05, 0.1) is 18.7 Å². The molecule has 1 aliphatic carbocycles. The molecule has 1 aromatic rings. The van der Waals surface area contributed by atoms with Gasteiger partial charge in [0, 0.05) is 11.8 Å². The van der Waals surface area contributed by atoms with Crippen molar-refractivity contribution >= 4 is 5.97 Å². The summed E-state index contributed by atoms with van der Waals surface area (Å²) in [4.78, 5) is 10.5. The first-order chi connectivity index (χ1) is 6.75. The van der Waals surface area contributed by atoms with Crippen LogP contribution in [0.25, 0.3) is 0 Å². The normalized spacial score (nSPS) is 17.4. The van der Waals surface area contributed by atoms with Crippen LogP contribution in [0.3, 0.4) is 0 Å². The van der Waals surface area contributed by atoms with E-state index in [9.17, 15) is 4.79 Å². The number of carbonyl (C=O) groups is 1. The quantitative estimate of drug-likeness (QED) is 0.795. The van der Waals surface area contributed by atoms with Crippen molar-refractivity contribution in [1.82, 2.24) is 9.78 Å². The van der Waals surface area contributed by atoms with Gasteiger partial charge >= 0.3 is 5.97 Å². The van der Waals surface area contributed by atoms with Crippen molar-refractivity contribution in [2.45, 2.75) is 38.1 Å². The molecule has 0 bridgehead atoms. The molecular weight excluding hydrogens is 180 g/mol. The number of hydrogen-bond donors (Lipinski definition) is 1. The predicted octanol–water partition coefficient (Wildman–Crippen LogP) is 1.63. The maximum Gasteiger partial charge on any atom is 0.307 e. The molecule has 0 spiro atoms. The molecule has 0 amide bonds. The molecule has 0 radical (unpaired) electrons. The van der Waals surface area contributed by atoms with Crippen LogP contribution in [-0.4, -0.2) is 20.9 Å². The van der Waals surface area contributed by atoms with Crippen LogP contribution >= 0.6 is 0 Å². The molecule has 14 heavy (non-hydrogen) atoms. The lowest BCUT2D eigenvalue weighted by atomic mass is 10.2. The van der Waals surface area contributed by atoms with Crippen LogP contribution in [0.1, 0.15) is 37.3 Å². The Labute approximate surface area is 82.5 Å². The largest absolute Gasteiger partial charge is 0.481 e. The van der Waals surface area contributed by atoms with Gasteiger partial charge in [-0.2, -0.15) is 5.10 Å². The van der Waals surface area contributed by atoms with Crippen LogP contribution in [0.2, 0.25) is 0 Å². The van der Waals surface area contributed by atoms with Crippen molar-refractivity contribution in [3.05, 3.63) is 18.0 Å². The first-order valence-corrected chi connectivity index (χ1v) is 5.00. The molecule has 1 N–H and O–H groups in total. The third kappa shape index (κ3) is 1.95. The Balaban J connectivity index is 2.05. The molecule has 0 unspecified atom stereocenters. The number of nitrogens with zero attached hydrogens (tertiary/aromatic N) is 2. The Morgan fingerprint density at radius 2 is 2.29 bits per heavy atom. The van der Waals surface area contributed by atoms with E-state index in [1.165, 1.54) is 25.7 Å². The Bertz CT molecular complexity index is 327. The first-order valence-electron chi connectivity index (χ1n) is 5.00. The Kier molecular flexibility index (Phi) is 2.52. The summed E-state index contributed by atoms with van der Waals surface area (Å²) >= 11 is 0. The molecule has 0 aromatic carbocycles. The van der Waals surface area contributed by atoms with Gasteiger partial charge in [0.15, 0.2) is 0 Å². The van der Waals surface area contributed by atoms with Crippen LogP contribution < -0.4 is 0 Å². The second-order valence-electron chi connectivity index (χ2n) is 3.84. The number of rotatable bonds is 3. The Morgan fingerprint density at radius 1 is 1.57 bits per heavy atom. The summed E-state index contributed by atoms with van der Waals surface area (Å²) in [7, 11) is 0. The van der Waals surface area contributed by atoms with Gasteiger partial charge in [-0.25, -0.2) is 0 Å². The Hall–Kier alpha value is -1.32. The van der Waals surface area contributed by atoms with Gasteiger partial charge in [0.2, 0.25) is 0 Å². The van der Waals surface area contributed by atoms with Gasteiger partial charge in [0.25, 0.3) is 0 Å². The van der Waals surface area contributed by atoms with Crippen molar-refractivity contribution in [1.29, 1.82) is 0 Å². The van der Waals surface area contributed by atoms with Crippen molar-refractivity contribution in [2.75, 3.05) is 0 Å². The monoisotopic (exact) mass is 194 g/mol. The maximum atomic E-state index is 10.5. The van der Waals surface area contributed by atoms with Gasteiger partial charge < -0.3 is 5.11 Å². The molecule has 0 atom stereocenters. The highest BCUT2D eigenvalue weighted by Crippen LogP contribution is 2.28. The number of carboxylic acid groups (broad SMARTS) is 1. The van der Waals surface area contributed by atoms with Crippen LogP contribution in [0.4, 0.5) is 0 Å². The minimum absolute atomic E-state index is 0.0761. The Morgan fingerprint density at radius 3 is 2.93 bits per heavy atom. The fourth-order valence-electron chi connectivity index (χ4n) is 2.01. The summed E-state index contributed by atoms with van der Waals surface area (Å²) in [6, 6.07) is 0.498. The highest BCUT2D eigenvalue weighted by atomic mass is 16.4. The minimum atomic E-state index is -0.795. The highest BCUT2D eigenvalue weighted by Gasteiger charge is 2.17. The van der Waals surface area contributed by atoms with Gasteiger partial charge in [-0.15, -0.1) is 0 Å². The van der Waals surface area contributed by atoms with Crippen LogP contribution in [-0.2, 0) is 11.2 Å². The maximum absolute atomic E-state index is 10.5. The second kappa shape index (κ2) is 3.82. The van der Waals surface area contributed by atoms with E-state index in [-0.39, 0.29) is 6.42 Å². The molecule has 2 rings (SSSR count). The standard InChI is InChI=1S/C10H14N2O2/c13-10(14)5-8-6-11-12(7-8)9-3-1-2-4-9/h6-7,9H,1-5H2,(H,13,14). The van der Waals surface area contributed by atoms with E-state index in [2.05, 4.69) is 5.10 Å². The topological polar surface area (TPSA) is 55.1 Å². The highest BCUT2D eigenvalue weighted by molar-refractivity contribution is 5.69. The lowest BCUT2D eigenvalue weighted by Gasteiger charge is -2.08. The van der Waals surface area contributed by atoms with Crippen molar-refractivity contribution < 1.29 is 9.90 Å². The molecule has 1 saturated carbocycles. The molecule has 4 heteroatoms. The minimum Gasteiger partial charge on any atom is -0.481 e. The second-order valence-corrected chi connectivity index (χ2v) is 3.84. The fraction of sp³-hybridized carbons (Fsp3) is 0.600. The van der Waals surface area contributed by atoms with Crippen molar-refractivity contribution in [3.63, 3.8) is 0 Å². The molecule has 1 heterocycles. The van der Waals surface area contributed by atoms with E-state index in [4.69, 9.17) is 5.11 Å². The molecule has 76 valence electrons. The summed E-state index contributed by atoms with van der Waals surface area (Å²) in [5, 5.41) is 12.8. The zero-order chi connectivity index (χ0) is 9.97. The third-order valence-electron chi connectivity index (χ3n) is 2.71. The van der Waals surface area contributed by atoms with E-state index in [1.54, 1.807) is 6.20 Å². The first kappa shape index (κ1) is 9.24. The lowest BCUT2D eigenvalue weighted by Crippen LogP contribution is -2.04. The molecule has 1 fully saturated rings. The van der Waals surface area contributed by atoms with Crippen LogP contribution in [0.15, 0.2) is 12.4 Å². The molecule has 0 saturated heterocycles. The average Bonchev–Trinajstić information content (AvgIpc) is 2.69. The summed E-state index contributed by atoms with van der Waals surface area (Å²) in [6.45, 7) is 0. The summed E-state index contributed by atoms with van der Waals surface area (Å²) in [6.07, 6.45) is 8.48. The molecule has 0 aliphatic heterocycles. The van der Waals surface area contributed by atoms with Gasteiger partial charge in [-0.3, -0.25) is 9.48 Å². The summed E-state index contributed by atoms with van der Waals surface area (Å²) < 4.78 is 1.92. The molecule has 1 aliphatic rings. The number of aromatic nitrogens is 2. The summed E-state index contributed by atoms with van der Waals surface area (Å²) in [5.41, 5.74) is 0.796. The van der Waals surface area contributed by atoms with Gasteiger partial charge in [-0.05, 0) is 12.8 Å². The van der Waals surface area contributed by atoms with E-state index in [0.717, 1.165) is 5.56 Å². The van der Waals surface area contributed by atoms with Crippen LogP contribution in [0, 0.1) is 0 Å². The number of aliphatic carboxylic acids is 1. The third-order valence-corrected chi connectivity index (χ3v) is 2.71. The average molecular weight is 194 g/mol. The van der Waals surface area contributed by atoms with E-state index < -0.39 is 5.97 Å². The molecule has 1 aromatic heterocycles. The van der Waals surface area contributed by atoms with Crippen molar-refractivity contribution in [3.8, 4) is 0 Å². The zero-order valence-electron chi connectivity index (χ0n) is 8.02. The van der Waals surface area contributed by atoms with E-state index in [0.29, 0.717) is 6.04 Å². The van der Waals surface area contributed by atoms with E-state index >= 15 is 0 Å². The zero-order valence-corrected chi connectivity index (χ0v) is 8.02.